The predicted octanol–water partition coefficient (Wildman–Crippen LogP) is -1.08. The van der Waals surface area contributed by atoms with E-state index in [9.17, 15) is 9.90 Å². The van der Waals surface area contributed by atoms with E-state index < -0.39 is 5.60 Å². The highest BCUT2D eigenvalue weighted by atomic mass is 16.5. The van der Waals surface area contributed by atoms with Crippen LogP contribution in [0.3, 0.4) is 0 Å². The Kier molecular flexibility index (Phi) is 6.10. The van der Waals surface area contributed by atoms with Gasteiger partial charge in [-0.3, -0.25) is 14.6 Å². The van der Waals surface area contributed by atoms with Crippen molar-refractivity contribution in [2.75, 3.05) is 85.7 Å². The number of nitrogens with zero attached hydrogens (tertiary/aromatic N) is 4. The predicted molar refractivity (Wildman–Crippen MR) is 92.0 cm³/mol. The summed E-state index contributed by atoms with van der Waals surface area (Å²) < 4.78 is 5.33. The van der Waals surface area contributed by atoms with Crippen LogP contribution < -0.4 is 0 Å². The van der Waals surface area contributed by atoms with Crippen molar-refractivity contribution in [3.63, 3.8) is 0 Å². The Bertz CT molecular complexity index is 422. The largest absolute Gasteiger partial charge is 0.387 e. The monoisotopic (exact) mass is 340 g/mol. The Morgan fingerprint density at radius 1 is 1.04 bits per heavy atom. The van der Waals surface area contributed by atoms with Crippen LogP contribution in [-0.4, -0.2) is 122 Å². The van der Waals surface area contributed by atoms with Crippen LogP contribution in [0.1, 0.15) is 12.8 Å². The van der Waals surface area contributed by atoms with Gasteiger partial charge in [0, 0.05) is 65.3 Å². The molecule has 1 atom stereocenters. The number of hydrogen-bond donors (Lipinski definition) is 1. The number of β-amino-alcohol motifs (C(OH)–C–C–N with tert-alkyl or cyclic N) is 1. The summed E-state index contributed by atoms with van der Waals surface area (Å²) in [6.07, 6.45) is 1.24. The lowest BCUT2D eigenvalue weighted by Crippen LogP contribution is -2.52. The normalized spacial score (nSPS) is 30.8. The Labute approximate surface area is 145 Å². The molecule has 0 unspecified atom stereocenters. The number of aliphatic hydroxyl groups is 1. The molecular formula is C17H32N4O3. The fourth-order valence-electron chi connectivity index (χ4n) is 3.86. The van der Waals surface area contributed by atoms with Gasteiger partial charge in [0.25, 0.3) is 0 Å². The minimum Gasteiger partial charge on any atom is -0.387 e. The quantitative estimate of drug-likeness (QED) is 0.687. The molecule has 0 aromatic rings. The summed E-state index contributed by atoms with van der Waals surface area (Å²) in [5.41, 5.74) is -0.732. The molecule has 3 rings (SSSR count). The van der Waals surface area contributed by atoms with Crippen LogP contribution in [-0.2, 0) is 9.53 Å². The van der Waals surface area contributed by atoms with Crippen molar-refractivity contribution in [2.45, 2.75) is 18.4 Å². The zero-order chi connectivity index (χ0) is 17.0. The number of carbonyl (C=O) groups excluding carboxylic acids is 1. The van der Waals surface area contributed by atoms with Crippen LogP contribution in [0.4, 0.5) is 0 Å². The number of hydrogen-bond acceptors (Lipinski definition) is 6. The van der Waals surface area contributed by atoms with E-state index >= 15 is 0 Å². The Balaban J connectivity index is 1.41. The number of likely N-dealkylation sites (tertiary alicyclic amines) is 1. The van der Waals surface area contributed by atoms with Crippen molar-refractivity contribution in [1.82, 2.24) is 19.6 Å². The number of morpholine rings is 1. The molecule has 0 radical (unpaired) electrons. The Hall–Kier alpha value is -0.730. The van der Waals surface area contributed by atoms with E-state index in [4.69, 9.17) is 4.74 Å². The SMILES string of the molecule is CN1CCN(C[C@@]2(O)CCN(C(=O)CCN3CCOCC3)C2)CC1. The highest BCUT2D eigenvalue weighted by Gasteiger charge is 2.39. The molecule has 24 heavy (non-hydrogen) atoms. The topological polar surface area (TPSA) is 59.5 Å². The fraction of sp³-hybridized carbons (Fsp3) is 0.941. The van der Waals surface area contributed by atoms with Gasteiger partial charge in [-0.1, -0.05) is 0 Å². The van der Waals surface area contributed by atoms with Crippen LogP contribution in [0.25, 0.3) is 0 Å². The molecule has 0 aromatic carbocycles. The van der Waals surface area contributed by atoms with Crippen molar-refractivity contribution in [2.24, 2.45) is 0 Å². The molecular weight excluding hydrogens is 308 g/mol. The molecule has 1 amide bonds. The van der Waals surface area contributed by atoms with Gasteiger partial charge in [-0.25, -0.2) is 0 Å². The first-order valence-electron chi connectivity index (χ1n) is 9.25. The molecule has 0 spiro atoms. The first-order valence-corrected chi connectivity index (χ1v) is 9.25. The minimum atomic E-state index is -0.732. The van der Waals surface area contributed by atoms with E-state index in [1.54, 1.807) is 0 Å². The number of carbonyl (C=O) groups is 1. The lowest BCUT2D eigenvalue weighted by molar-refractivity contribution is -0.132. The molecule has 3 aliphatic rings. The molecule has 0 aromatic heterocycles. The van der Waals surface area contributed by atoms with E-state index in [-0.39, 0.29) is 5.91 Å². The van der Waals surface area contributed by atoms with E-state index in [2.05, 4.69) is 21.7 Å². The molecule has 0 aliphatic carbocycles. The second-order valence-electron chi connectivity index (χ2n) is 7.57. The van der Waals surface area contributed by atoms with Crippen molar-refractivity contribution in [3.05, 3.63) is 0 Å². The maximum atomic E-state index is 12.4. The van der Waals surface area contributed by atoms with Gasteiger partial charge < -0.3 is 19.6 Å². The third-order valence-electron chi connectivity index (χ3n) is 5.54. The molecule has 3 saturated heterocycles. The smallest absolute Gasteiger partial charge is 0.223 e. The molecule has 7 heteroatoms. The van der Waals surface area contributed by atoms with E-state index in [1.165, 1.54) is 0 Å². The highest BCUT2D eigenvalue weighted by molar-refractivity contribution is 5.76. The summed E-state index contributed by atoms with van der Waals surface area (Å²) in [6, 6.07) is 0. The molecule has 3 aliphatic heterocycles. The molecule has 7 nitrogen and oxygen atoms in total. The zero-order valence-corrected chi connectivity index (χ0v) is 15.0. The average molecular weight is 340 g/mol. The summed E-state index contributed by atoms with van der Waals surface area (Å²) in [7, 11) is 2.14. The number of amides is 1. The van der Waals surface area contributed by atoms with Crippen molar-refractivity contribution in [3.8, 4) is 0 Å². The first-order chi connectivity index (χ1) is 11.5. The lowest BCUT2D eigenvalue weighted by atomic mass is 10.0. The van der Waals surface area contributed by atoms with Crippen LogP contribution in [0.15, 0.2) is 0 Å². The summed E-state index contributed by atoms with van der Waals surface area (Å²) in [5, 5.41) is 10.9. The van der Waals surface area contributed by atoms with Gasteiger partial charge in [0.1, 0.15) is 0 Å². The highest BCUT2D eigenvalue weighted by Crippen LogP contribution is 2.23. The van der Waals surface area contributed by atoms with Crippen molar-refractivity contribution >= 4 is 5.91 Å². The molecule has 138 valence electrons. The maximum Gasteiger partial charge on any atom is 0.223 e. The van der Waals surface area contributed by atoms with Gasteiger partial charge in [0.15, 0.2) is 0 Å². The van der Waals surface area contributed by atoms with Crippen molar-refractivity contribution < 1.29 is 14.6 Å². The molecule has 3 heterocycles. The molecule has 0 saturated carbocycles. The van der Waals surface area contributed by atoms with E-state index in [0.717, 1.165) is 59.0 Å². The second kappa shape index (κ2) is 8.10. The van der Waals surface area contributed by atoms with Crippen LogP contribution in [0, 0.1) is 0 Å². The fourth-order valence-corrected chi connectivity index (χ4v) is 3.86. The second-order valence-corrected chi connectivity index (χ2v) is 7.57. The summed E-state index contributed by atoms with van der Waals surface area (Å²) in [4.78, 5) is 21.2. The average Bonchev–Trinajstić information content (AvgIpc) is 2.98. The third-order valence-corrected chi connectivity index (χ3v) is 5.54. The van der Waals surface area contributed by atoms with E-state index in [0.29, 0.717) is 32.5 Å². The number of likely N-dealkylation sites (N-methyl/N-ethyl adjacent to an activating group) is 1. The van der Waals surface area contributed by atoms with Gasteiger partial charge in [-0.05, 0) is 13.5 Å². The molecule has 3 fully saturated rings. The van der Waals surface area contributed by atoms with E-state index in [1.807, 2.05) is 4.90 Å². The summed E-state index contributed by atoms with van der Waals surface area (Å²) in [6.45, 7) is 10.1. The summed E-state index contributed by atoms with van der Waals surface area (Å²) in [5.74, 6) is 0.177. The minimum absolute atomic E-state index is 0.177. The standard InChI is InChI=1S/C17H32N4O3/c1-18-6-8-20(9-7-18)14-17(23)3-5-21(15-17)16(22)2-4-19-10-12-24-13-11-19/h23H,2-15H2,1H3/t17-/m0/s1. The van der Waals surface area contributed by atoms with Gasteiger partial charge in [0.05, 0.1) is 25.4 Å². The number of ether oxygens (including phenoxy) is 1. The molecule has 0 bridgehead atoms. The van der Waals surface area contributed by atoms with Gasteiger partial charge >= 0.3 is 0 Å². The Morgan fingerprint density at radius 2 is 1.75 bits per heavy atom. The van der Waals surface area contributed by atoms with Crippen LogP contribution in [0.2, 0.25) is 0 Å². The third kappa shape index (κ3) is 4.89. The van der Waals surface area contributed by atoms with Crippen LogP contribution in [0.5, 0.6) is 0 Å². The molecule has 1 N–H and O–H groups in total. The van der Waals surface area contributed by atoms with Crippen LogP contribution >= 0.6 is 0 Å². The summed E-state index contributed by atoms with van der Waals surface area (Å²) >= 11 is 0. The zero-order valence-electron chi connectivity index (χ0n) is 15.0. The number of piperazine rings is 1. The number of rotatable bonds is 5. The first kappa shape index (κ1) is 18.1. The lowest BCUT2D eigenvalue weighted by Gasteiger charge is -2.36. The van der Waals surface area contributed by atoms with Gasteiger partial charge in [-0.15, -0.1) is 0 Å². The Morgan fingerprint density at radius 3 is 2.46 bits per heavy atom. The van der Waals surface area contributed by atoms with Gasteiger partial charge in [0.2, 0.25) is 5.91 Å². The maximum absolute atomic E-state index is 12.4. The van der Waals surface area contributed by atoms with Gasteiger partial charge in [-0.2, -0.15) is 0 Å². The van der Waals surface area contributed by atoms with Crippen molar-refractivity contribution in [1.29, 1.82) is 0 Å².